The summed E-state index contributed by atoms with van der Waals surface area (Å²) in [6.45, 7) is 24.4. The number of nitrogens with zero attached hydrogens (tertiary/aromatic N) is 10. The van der Waals surface area contributed by atoms with E-state index in [0.717, 1.165) is 85.9 Å². The lowest BCUT2D eigenvalue weighted by molar-refractivity contribution is 0.484. The van der Waals surface area contributed by atoms with Crippen LogP contribution >= 0.6 is 0 Å². The Morgan fingerprint density at radius 3 is 0.864 bits per heavy atom. The zero-order valence-corrected chi connectivity index (χ0v) is 50.9. The van der Waals surface area contributed by atoms with Crippen molar-refractivity contribution in [1.82, 2.24) is 39.9 Å². The summed E-state index contributed by atoms with van der Waals surface area (Å²) in [4.78, 5) is 49.1. The molecular weight excluding hydrogens is 1100 g/mol. The highest BCUT2D eigenvalue weighted by Crippen LogP contribution is 2.47. The van der Waals surface area contributed by atoms with Crippen molar-refractivity contribution in [3.05, 3.63) is 170 Å². The second-order valence-corrected chi connectivity index (χ2v) is 21.4. The normalized spacial score (nSPS) is 11.5. The molecule has 0 unspecified atom stereocenters. The van der Waals surface area contributed by atoms with Crippen LogP contribution in [0.25, 0.3) is 89.7 Å². The summed E-state index contributed by atoms with van der Waals surface area (Å²) in [6.07, 6.45) is 0. The minimum absolute atomic E-state index is 0.376. The molecule has 2 aliphatic rings. The molecule has 2 aliphatic heterocycles. The van der Waals surface area contributed by atoms with Gasteiger partial charge in [-0.3, -0.25) is 0 Å². The van der Waals surface area contributed by atoms with Gasteiger partial charge in [-0.1, -0.05) is 48.5 Å². The Morgan fingerprint density at radius 2 is 0.557 bits per heavy atom. The number of aromatic nitrogens is 8. The fraction of sp³-hybridized carbons (Fsp3) is 0.222. The molecular formula is C72H70N12O4. The van der Waals surface area contributed by atoms with Gasteiger partial charge >= 0.3 is 0 Å². The molecule has 5 heterocycles. The summed E-state index contributed by atoms with van der Waals surface area (Å²) in [5.41, 5.74) is 9.10. The molecule has 0 atom stereocenters. The maximum absolute atomic E-state index is 6.87. The summed E-state index contributed by atoms with van der Waals surface area (Å²) in [5, 5.41) is 2.86. The van der Waals surface area contributed by atoms with Crippen molar-refractivity contribution >= 4 is 66.9 Å². The molecule has 0 amide bonds. The van der Waals surface area contributed by atoms with Crippen LogP contribution in [-0.2, 0) is 0 Å². The van der Waals surface area contributed by atoms with Gasteiger partial charge in [-0.05, 0) is 177 Å². The monoisotopic (exact) mass is 1170 g/mol. The van der Waals surface area contributed by atoms with Crippen LogP contribution in [0, 0.1) is 0 Å². The molecule has 13 rings (SSSR count). The zero-order valence-electron chi connectivity index (χ0n) is 50.9. The van der Waals surface area contributed by atoms with Crippen LogP contribution in [0.3, 0.4) is 0 Å². The number of hydrogen-bond donors (Lipinski definition) is 2. The zero-order chi connectivity index (χ0) is 60.4. The van der Waals surface area contributed by atoms with E-state index in [1.54, 1.807) is 0 Å². The van der Waals surface area contributed by atoms with E-state index in [2.05, 4.69) is 133 Å². The number of hydrogen-bond acceptors (Lipinski definition) is 14. The fourth-order valence-corrected chi connectivity index (χ4v) is 12.0. The second-order valence-electron chi connectivity index (χ2n) is 21.4. The second kappa shape index (κ2) is 24.5. The first-order chi connectivity index (χ1) is 43.2. The molecule has 0 saturated heterocycles. The lowest BCUT2D eigenvalue weighted by atomic mass is 10.1. The van der Waals surface area contributed by atoms with Gasteiger partial charge in [-0.15, -0.1) is 0 Å². The molecule has 8 aromatic carbocycles. The van der Waals surface area contributed by atoms with Crippen molar-refractivity contribution < 1.29 is 18.9 Å². The van der Waals surface area contributed by atoms with Crippen LogP contribution in [0.5, 0.6) is 46.0 Å². The van der Waals surface area contributed by atoms with E-state index >= 15 is 0 Å². The van der Waals surface area contributed by atoms with E-state index in [-0.39, 0.29) is 0 Å². The van der Waals surface area contributed by atoms with Crippen LogP contribution < -0.4 is 38.5 Å². The van der Waals surface area contributed by atoms with Crippen molar-refractivity contribution in [2.75, 3.05) is 72.0 Å². The Kier molecular flexibility index (Phi) is 15.8. The number of benzene rings is 8. The average molecular weight is 1170 g/mol. The molecule has 88 heavy (non-hydrogen) atoms. The Hall–Kier alpha value is -10.5. The smallest absolute Gasteiger partial charge is 0.168 e. The number of H-pyrrole nitrogens is 2. The first-order valence-electron chi connectivity index (χ1n) is 30.7. The van der Waals surface area contributed by atoms with Gasteiger partial charge in [0.1, 0.15) is 68.6 Å². The third-order valence-electron chi connectivity index (χ3n) is 16.6. The summed E-state index contributed by atoms with van der Waals surface area (Å²) in [5.74, 6) is 6.44. The molecule has 3 aromatic heterocycles. The van der Waals surface area contributed by atoms with E-state index < -0.39 is 0 Å². The molecule has 0 fully saturated rings. The average Bonchev–Trinajstić information content (AvgIpc) is 1.84. The largest absolute Gasteiger partial charge is 0.457 e. The molecule has 442 valence electrons. The Balaban J connectivity index is 1.07. The van der Waals surface area contributed by atoms with Crippen LogP contribution in [0.1, 0.15) is 55.4 Å². The minimum Gasteiger partial charge on any atom is -0.457 e. The van der Waals surface area contributed by atoms with Gasteiger partial charge in [-0.2, -0.15) is 0 Å². The minimum atomic E-state index is 0.376. The van der Waals surface area contributed by atoms with Gasteiger partial charge < -0.3 is 48.5 Å². The van der Waals surface area contributed by atoms with Gasteiger partial charge in [-0.25, -0.2) is 29.9 Å². The number of ether oxygens (including phenoxy) is 4. The highest BCUT2D eigenvalue weighted by atomic mass is 16.5. The maximum Gasteiger partial charge on any atom is 0.168 e. The molecule has 8 bridgehead atoms. The van der Waals surface area contributed by atoms with Crippen molar-refractivity contribution in [2.24, 2.45) is 0 Å². The maximum atomic E-state index is 6.87. The SMILES string of the molecule is CCN(CC)c1ccc(Oc2cccc3c2-c2nc-3nc3[nH]c(nc4nc(nc5[nH]c(n2)c2cccc(Oc6ccc(N(CC)CC)cc6)c52)-c2cccc(Oc5ccc(N(CC)CC)cc5)c2-4)c2cccc(Oc4ccc(N(CC)CC)cc4)c32)cc1. The van der Waals surface area contributed by atoms with Crippen LogP contribution in [0.2, 0.25) is 0 Å². The highest BCUT2D eigenvalue weighted by molar-refractivity contribution is 6.10. The first-order valence-corrected chi connectivity index (χ1v) is 30.7. The lowest BCUT2D eigenvalue weighted by Crippen LogP contribution is -2.21. The number of nitrogens with one attached hydrogen (secondary N) is 2. The van der Waals surface area contributed by atoms with Crippen molar-refractivity contribution in [2.45, 2.75) is 55.4 Å². The topological polar surface area (TPSA) is 159 Å². The predicted octanol–water partition coefficient (Wildman–Crippen LogP) is 17.4. The molecule has 0 spiro atoms. The summed E-state index contributed by atoms with van der Waals surface area (Å²) in [6, 6.07) is 56.4. The molecule has 0 radical (unpaired) electrons. The van der Waals surface area contributed by atoms with E-state index in [0.29, 0.717) is 125 Å². The van der Waals surface area contributed by atoms with Gasteiger partial charge in [0.05, 0.1) is 21.9 Å². The molecule has 0 aliphatic carbocycles. The summed E-state index contributed by atoms with van der Waals surface area (Å²) in [7, 11) is 0. The van der Waals surface area contributed by atoms with Crippen molar-refractivity contribution in [1.29, 1.82) is 0 Å². The summed E-state index contributed by atoms with van der Waals surface area (Å²) >= 11 is 0. The highest BCUT2D eigenvalue weighted by Gasteiger charge is 2.28. The van der Waals surface area contributed by atoms with Gasteiger partial charge in [0.25, 0.3) is 0 Å². The Labute approximate surface area is 512 Å². The van der Waals surface area contributed by atoms with E-state index in [1.165, 1.54) is 0 Å². The van der Waals surface area contributed by atoms with Gasteiger partial charge in [0.15, 0.2) is 23.3 Å². The Bertz CT molecular complexity index is 4220. The molecule has 16 nitrogen and oxygen atoms in total. The third kappa shape index (κ3) is 10.7. The lowest BCUT2D eigenvalue weighted by Gasteiger charge is -2.21. The van der Waals surface area contributed by atoms with E-state index in [9.17, 15) is 0 Å². The van der Waals surface area contributed by atoms with Crippen molar-refractivity contribution in [3.8, 4) is 91.5 Å². The summed E-state index contributed by atoms with van der Waals surface area (Å²) < 4.78 is 27.5. The quantitative estimate of drug-likeness (QED) is 0.0742. The van der Waals surface area contributed by atoms with Crippen molar-refractivity contribution in [3.63, 3.8) is 0 Å². The van der Waals surface area contributed by atoms with Crippen LogP contribution in [0.4, 0.5) is 22.7 Å². The number of anilines is 4. The van der Waals surface area contributed by atoms with Gasteiger partial charge in [0.2, 0.25) is 0 Å². The predicted molar refractivity (Wildman–Crippen MR) is 356 cm³/mol. The number of aromatic amines is 2. The van der Waals surface area contributed by atoms with Crippen LogP contribution in [0.15, 0.2) is 170 Å². The number of fused-ring (bicyclic) bond motifs is 20. The molecule has 16 heteroatoms. The van der Waals surface area contributed by atoms with Crippen LogP contribution in [-0.4, -0.2) is 92.2 Å². The number of rotatable bonds is 20. The van der Waals surface area contributed by atoms with E-state index in [4.69, 9.17) is 48.9 Å². The standard InChI is InChI=1S/C72H70N12O4/c1-9-81(10-2)45-29-37-49(38-30-45)85-57-25-17-21-53-61(57)69-73-65(53)78-70-63-55(23-19-27-59(63)87-51-41-33-47(34-42-51)83(13-5)14-6)67(75-70)80-72-64-56(24-20-28-60(64)88-52-43-35-48(36-44-52)84(15-7)16-8)68(76-72)79-71-62-54(66(74-71)77-69)22-18-26-58(62)86-50-39-31-46(32-40-50)82(11-3)12-4/h17-44H,9-16H2,1-8H3,(H2,73,74,75,76,77,78,79,80). The fourth-order valence-electron chi connectivity index (χ4n) is 12.0. The molecule has 11 aromatic rings. The molecule has 2 N–H and O–H groups in total. The van der Waals surface area contributed by atoms with E-state index in [1.807, 2.05) is 121 Å². The first kappa shape index (κ1) is 56.6. The van der Waals surface area contributed by atoms with Gasteiger partial charge in [0, 0.05) is 97.0 Å². The molecule has 0 saturated carbocycles. The Morgan fingerprint density at radius 1 is 0.284 bits per heavy atom. The third-order valence-corrected chi connectivity index (χ3v) is 16.6.